The lowest BCUT2D eigenvalue weighted by Gasteiger charge is -2.14. The molecule has 0 fully saturated rings. The largest absolute Gasteiger partial charge is 0.467 e. The minimum atomic E-state index is -0.793. The van der Waals surface area contributed by atoms with Crippen molar-refractivity contribution in [3.8, 4) is 5.69 Å². The Morgan fingerprint density at radius 3 is 2.88 bits per heavy atom. The second kappa shape index (κ2) is 6.19. The third kappa shape index (κ3) is 2.53. The molecule has 8 nitrogen and oxygen atoms in total. The van der Waals surface area contributed by atoms with Crippen LogP contribution in [0.4, 0.5) is 4.39 Å². The Balaban J connectivity index is 2.16. The fourth-order valence-electron chi connectivity index (χ4n) is 2.44. The molecule has 0 saturated heterocycles. The Morgan fingerprint density at radius 2 is 2.21 bits per heavy atom. The average molecular weight is 331 g/mol. The topological polar surface area (TPSA) is 91.9 Å². The molecule has 1 atom stereocenters. The van der Waals surface area contributed by atoms with Gasteiger partial charge in [0.15, 0.2) is 11.2 Å². The molecule has 24 heavy (non-hydrogen) atoms. The second-order valence-electron chi connectivity index (χ2n) is 5.06. The van der Waals surface area contributed by atoms with Crippen molar-refractivity contribution in [1.82, 2.24) is 24.5 Å². The van der Waals surface area contributed by atoms with Gasteiger partial charge in [0.05, 0.1) is 12.8 Å². The van der Waals surface area contributed by atoms with Crippen LogP contribution in [0.2, 0.25) is 0 Å². The number of hydrogen-bond acceptors (Lipinski definition) is 6. The van der Waals surface area contributed by atoms with Gasteiger partial charge in [-0.05, 0) is 24.6 Å². The van der Waals surface area contributed by atoms with Crippen molar-refractivity contribution in [2.45, 2.75) is 19.4 Å². The zero-order valence-electron chi connectivity index (χ0n) is 13.0. The first kappa shape index (κ1) is 15.8. The summed E-state index contributed by atoms with van der Waals surface area (Å²) in [6.07, 6.45) is 1.60. The Morgan fingerprint density at radius 1 is 1.42 bits per heavy atom. The molecule has 0 aliphatic heterocycles. The lowest BCUT2D eigenvalue weighted by Crippen LogP contribution is -2.30. The fraction of sp³-hybridized carbons (Fsp3) is 0.267. The van der Waals surface area contributed by atoms with Crippen LogP contribution < -0.4 is 5.56 Å². The monoisotopic (exact) mass is 331 g/mol. The molecule has 0 bridgehead atoms. The highest BCUT2D eigenvalue weighted by atomic mass is 19.1. The summed E-state index contributed by atoms with van der Waals surface area (Å²) in [6, 6.07) is 4.89. The van der Waals surface area contributed by atoms with E-state index in [4.69, 9.17) is 4.74 Å². The van der Waals surface area contributed by atoms with Gasteiger partial charge in [-0.2, -0.15) is 4.68 Å². The fourth-order valence-corrected chi connectivity index (χ4v) is 2.44. The molecule has 1 aromatic carbocycles. The summed E-state index contributed by atoms with van der Waals surface area (Å²) in [5, 5.41) is 7.70. The standard InChI is InChI=1S/C15H14FN5O3/c1-3-11(15(23)24-2)20-8-17-13-12(14(20)22)18-19-21(13)10-6-4-5-9(16)7-10/h4-8,11H,3H2,1-2H3/t11-/m1/s1. The van der Waals surface area contributed by atoms with Crippen LogP contribution in [-0.2, 0) is 9.53 Å². The zero-order chi connectivity index (χ0) is 17.3. The first-order valence-electron chi connectivity index (χ1n) is 7.23. The molecule has 3 aromatic rings. The second-order valence-corrected chi connectivity index (χ2v) is 5.06. The van der Waals surface area contributed by atoms with Gasteiger partial charge >= 0.3 is 5.97 Å². The minimum absolute atomic E-state index is 0.0101. The predicted octanol–water partition coefficient (Wildman–Crippen LogP) is 1.24. The van der Waals surface area contributed by atoms with E-state index in [0.717, 1.165) is 0 Å². The Bertz CT molecular complexity index is 965. The van der Waals surface area contributed by atoms with Gasteiger partial charge in [-0.25, -0.2) is 14.2 Å². The van der Waals surface area contributed by atoms with E-state index in [-0.39, 0.29) is 11.2 Å². The van der Waals surface area contributed by atoms with Crippen LogP contribution in [0.5, 0.6) is 0 Å². The van der Waals surface area contributed by atoms with Gasteiger partial charge < -0.3 is 4.74 Å². The lowest BCUT2D eigenvalue weighted by molar-refractivity contribution is -0.144. The summed E-state index contributed by atoms with van der Waals surface area (Å²) in [5.74, 6) is -0.987. The Hall–Kier alpha value is -3.10. The number of halogens is 1. The number of ether oxygens (including phenoxy) is 1. The van der Waals surface area contributed by atoms with Gasteiger partial charge in [0.1, 0.15) is 18.2 Å². The first-order chi connectivity index (χ1) is 11.6. The van der Waals surface area contributed by atoms with Crippen molar-refractivity contribution in [2.75, 3.05) is 7.11 Å². The summed E-state index contributed by atoms with van der Waals surface area (Å²) in [4.78, 5) is 28.6. The van der Waals surface area contributed by atoms with Crippen LogP contribution in [0.25, 0.3) is 16.9 Å². The van der Waals surface area contributed by atoms with Gasteiger partial charge in [-0.1, -0.05) is 18.2 Å². The number of rotatable bonds is 4. The number of carbonyl (C=O) groups is 1. The number of methoxy groups -OCH3 is 1. The number of benzene rings is 1. The van der Waals surface area contributed by atoms with Gasteiger partial charge in [-0.3, -0.25) is 9.36 Å². The van der Waals surface area contributed by atoms with E-state index < -0.39 is 23.4 Å². The molecule has 3 rings (SSSR count). The van der Waals surface area contributed by atoms with E-state index in [0.29, 0.717) is 12.1 Å². The molecule has 0 aliphatic carbocycles. The van der Waals surface area contributed by atoms with Crippen molar-refractivity contribution >= 4 is 17.1 Å². The maximum atomic E-state index is 13.4. The molecular formula is C15H14FN5O3. The van der Waals surface area contributed by atoms with Crippen molar-refractivity contribution in [3.63, 3.8) is 0 Å². The third-order valence-corrected chi connectivity index (χ3v) is 3.64. The molecule has 0 saturated carbocycles. The maximum absolute atomic E-state index is 13.4. The van der Waals surface area contributed by atoms with Crippen LogP contribution >= 0.6 is 0 Å². The van der Waals surface area contributed by atoms with E-state index in [2.05, 4.69) is 15.3 Å². The smallest absolute Gasteiger partial charge is 0.329 e. The van der Waals surface area contributed by atoms with E-state index >= 15 is 0 Å². The highest BCUT2D eigenvalue weighted by molar-refractivity contribution is 5.75. The molecule has 0 radical (unpaired) electrons. The van der Waals surface area contributed by atoms with Gasteiger partial charge in [0.2, 0.25) is 0 Å². The maximum Gasteiger partial charge on any atom is 0.329 e. The predicted molar refractivity (Wildman–Crippen MR) is 82.2 cm³/mol. The summed E-state index contributed by atoms with van der Waals surface area (Å²) in [5.41, 5.74) is 0.0488. The SMILES string of the molecule is CC[C@H](C(=O)OC)n1cnc2c(nnn2-c2cccc(F)c2)c1=O. The van der Waals surface area contributed by atoms with Crippen molar-refractivity contribution in [2.24, 2.45) is 0 Å². The molecular weight excluding hydrogens is 317 g/mol. The minimum Gasteiger partial charge on any atom is -0.467 e. The third-order valence-electron chi connectivity index (χ3n) is 3.64. The summed E-state index contributed by atoms with van der Waals surface area (Å²) in [6.45, 7) is 1.75. The highest BCUT2D eigenvalue weighted by Crippen LogP contribution is 2.15. The number of hydrogen-bond donors (Lipinski definition) is 0. The van der Waals surface area contributed by atoms with Gasteiger partial charge in [0.25, 0.3) is 5.56 Å². The number of aromatic nitrogens is 5. The molecule has 0 aliphatic rings. The van der Waals surface area contributed by atoms with Crippen LogP contribution in [-0.4, -0.2) is 37.6 Å². The number of nitrogens with zero attached hydrogens (tertiary/aromatic N) is 5. The normalized spacial score (nSPS) is 12.3. The Kier molecular flexibility index (Phi) is 4.07. The molecule has 124 valence electrons. The zero-order valence-corrected chi connectivity index (χ0v) is 13.0. The van der Waals surface area contributed by atoms with Crippen molar-refractivity contribution < 1.29 is 13.9 Å². The molecule has 0 amide bonds. The van der Waals surface area contributed by atoms with Crippen molar-refractivity contribution in [1.29, 1.82) is 0 Å². The average Bonchev–Trinajstić information content (AvgIpc) is 3.02. The number of esters is 1. The number of fused-ring (bicyclic) bond motifs is 1. The van der Waals surface area contributed by atoms with Crippen molar-refractivity contribution in [3.05, 3.63) is 46.8 Å². The molecule has 0 N–H and O–H groups in total. The van der Waals surface area contributed by atoms with E-state index in [9.17, 15) is 14.0 Å². The molecule has 0 spiro atoms. The summed E-state index contributed by atoms with van der Waals surface area (Å²) < 4.78 is 20.5. The van der Waals surface area contributed by atoms with E-state index in [1.807, 2.05) is 0 Å². The summed E-state index contributed by atoms with van der Waals surface area (Å²) >= 11 is 0. The Labute approximate surface area is 135 Å². The van der Waals surface area contributed by atoms with Crippen LogP contribution in [0.15, 0.2) is 35.4 Å². The van der Waals surface area contributed by atoms with E-state index in [1.54, 1.807) is 13.0 Å². The number of carbonyl (C=O) groups excluding carboxylic acids is 1. The summed E-state index contributed by atoms with van der Waals surface area (Å²) in [7, 11) is 1.25. The molecule has 9 heteroatoms. The molecule has 2 heterocycles. The highest BCUT2D eigenvalue weighted by Gasteiger charge is 2.23. The molecule has 2 aromatic heterocycles. The molecule has 0 unspecified atom stereocenters. The van der Waals surface area contributed by atoms with E-state index in [1.165, 1.54) is 40.9 Å². The quantitative estimate of drug-likeness (QED) is 0.668. The first-order valence-corrected chi connectivity index (χ1v) is 7.23. The van der Waals surface area contributed by atoms with Gasteiger partial charge in [-0.15, -0.1) is 5.10 Å². The lowest BCUT2D eigenvalue weighted by atomic mass is 10.2. The van der Waals surface area contributed by atoms with Gasteiger partial charge in [0, 0.05) is 0 Å². The van der Waals surface area contributed by atoms with Crippen LogP contribution in [0.3, 0.4) is 0 Å². The van der Waals surface area contributed by atoms with Crippen LogP contribution in [0, 0.1) is 5.82 Å². The van der Waals surface area contributed by atoms with Crippen LogP contribution in [0.1, 0.15) is 19.4 Å².